The van der Waals surface area contributed by atoms with Gasteiger partial charge in [0.1, 0.15) is 0 Å². The second kappa shape index (κ2) is 7.10. The van der Waals surface area contributed by atoms with Gasteiger partial charge in [-0.15, -0.1) is 0 Å². The summed E-state index contributed by atoms with van der Waals surface area (Å²) in [5, 5.41) is 3.26. The Kier molecular flexibility index (Phi) is 6.92. The zero-order valence-corrected chi connectivity index (χ0v) is 11.9. The van der Waals surface area contributed by atoms with Crippen LogP contribution in [0.4, 0.5) is 0 Å². The SMILES string of the molecule is C=C(C)CNCC[N+](C)(C)CCCS(=O)(=O)O. The van der Waals surface area contributed by atoms with Gasteiger partial charge in [-0.2, -0.15) is 8.42 Å². The molecule has 0 amide bonds. The quantitative estimate of drug-likeness (QED) is 0.276. The van der Waals surface area contributed by atoms with E-state index < -0.39 is 10.1 Å². The molecule has 0 aromatic heterocycles. The zero-order chi connectivity index (χ0) is 13.5. The maximum Gasteiger partial charge on any atom is 0.265 e. The average molecular weight is 265 g/mol. The zero-order valence-electron chi connectivity index (χ0n) is 11.1. The minimum Gasteiger partial charge on any atom is -0.327 e. The summed E-state index contributed by atoms with van der Waals surface area (Å²) in [5.41, 5.74) is 1.10. The standard InChI is InChI=1S/C11H24N2O3S/c1-11(2)10-12-6-8-13(3,4)7-5-9-17(14,15)16/h12H,1,5-10H2,2-4H3/p+1. The first-order chi connectivity index (χ1) is 7.62. The maximum absolute atomic E-state index is 10.6. The normalized spacial score (nSPS) is 12.7. The molecule has 0 aromatic carbocycles. The topological polar surface area (TPSA) is 66.4 Å². The van der Waals surface area contributed by atoms with Crippen molar-refractivity contribution in [3.63, 3.8) is 0 Å². The first kappa shape index (κ1) is 16.6. The van der Waals surface area contributed by atoms with Crippen LogP contribution in [-0.2, 0) is 10.1 Å². The van der Waals surface area contributed by atoms with Gasteiger partial charge in [-0.3, -0.25) is 4.55 Å². The van der Waals surface area contributed by atoms with Crippen LogP contribution >= 0.6 is 0 Å². The Balaban J connectivity index is 3.76. The van der Waals surface area contributed by atoms with E-state index >= 15 is 0 Å². The van der Waals surface area contributed by atoms with Gasteiger partial charge in [0, 0.05) is 19.5 Å². The van der Waals surface area contributed by atoms with Gasteiger partial charge in [-0.1, -0.05) is 12.2 Å². The second-order valence-electron chi connectivity index (χ2n) is 5.16. The van der Waals surface area contributed by atoms with Crippen LogP contribution in [0.15, 0.2) is 12.2 Å². The third-order valence-electron chi connectivity index (χ3n) is 2.49. The Morgan fingerprint density at radius 2 is 1.94 bits per heavy atom. The Bertz CT molecular complexity index is 337. The van der Waals surface area contributed by atoms with Gasteiger partial charge in [-0.05, 0) is 6.92 Å². The van der Waals surface area contributed by atoms with Crippen LogP contribution < -0.4 is 5.32 Å². The maximum atomic E-state index is 10.6. The molecule has 0 saturated heterocycles. The lowest BCUT2D eigenvalue weighted by Gasteiger charge is -2.29. The largest absolute Gasteiger partial charge is 0.327 e. The number of nitrogens with one attached hydrogen (secondary N) is 1. The molecule has 0 unspecified atom stereocenters. The van der Waals surface area contributed by atoms with E-state index in [0.717, 1.165) is 36.2 Å². The number of nitrogens with zero attached hydrogens (tertiary/aromatic N) is 1. The lowest BCUT2D eigenvalue weighted by Crippen LogP contribution is -2.45. The Morgan fingerprint density at radius 1 is 1.35 bits per heavy atom. The van der Waals surface area contributed by atoms with E-state index in [-0.39, 0.29) is 5.75 Å². The van der Waals surface area contributed by atoms with E-state index in [2.05, 4.69) is 11.9 Å². The molecule has 0 radical (unpaired) electrons. The van der Waals surface area contributed by atoms with Crippen LogP contribution in [0.1, 0.15) is 13.3 Å². The van der Waals surface area contributed by atoms with Crippen LogP contribution in [0.25, 0.3) is 0 Å². The molecule has 0 aliphatic heterocycles. The summed E-state index contributed by atoms with van der Waals surface area (Å²) in [7, 11) is 0.276. The highest BCUT2D eigenvalue weighted by molar-refractivity contribution is 7.85. The van der Waals surface area contributed by atoms with Crippen LogP contribution in [-0.4, -0.2) is 63.5 Å². The lowest BCUT2D eigenvalue weighted by molar-refractivity contribution is -0.889. The summed E-state index contributed by atoms with van der Waals surface area (Å²) in [6, 6.07) is 0. The van der Waals surface area contributed by atoms with Crippen molar-refractivity contribution in [2.45, 2.75) is 13.3 Å². The molecule has 0 atom stereocenters. The molecule has 0 bridgehead atoms. The fourth-order valence-electron chi connectivity index (χ4n) is 1.47. The van der Waals surface area contributed by atoms with Crippen molar-refractivity contribution in [2.24, 2.45) is 0 Å². The fourth-order valence-corrected chi connectivity index (χ4v) is 1.96. The van der Waals surface area contributed by atoms with Crippen LogP contribution in [0.5, 0.6) is 0 Å². The van der Waals surface area contributed by atoms with Crippen molar-refractivity contribution >= 4 is 10.1 Å². The van der Waals surface area contributed by atoms with Gasteiger partial charge in [-0.25, -0.2) is 0 Å². The van der Waals surface area contributed by atoms with Crippen LogP contribution in [0.2, 0.25) is 0 Å². The van der Waals surface area contributed by atoms with Gasteiger partial charge < -0.3 is 9.80 Å². The molecule has 6 heteroatoms. The molecule has 0 heterocycles. The van der Waals surface area contributed by atoms with Crippen molar-refractivity contribution in [2.75, 3.05) is 46.0 Å². The third kappa shape index (κ3) is 11.8. The van der Waals surface area contributed by atoms with E-state index in [4.69, 9.17) is 4.55 Å². The molecular formula is C11H25N2O3S+. The molecule has 0 aliphatic rings. The molecule has 102 valence electrons. The van der Waals surface area contributed by atoms with E-state index in [0.29, 0.717) is 6.42 Å². The Hall–Kier alpha value is -0.430. The molecule has 0 rings (SSSR count). The highest BCUT2D eigenvalue weighted by atomic mass is 32.2. The van der Waals surface area contributed by atoms with E-state index in [9.17, 15) is 8.42 Å². The lowest BCUT2D eigenvalue weighted by atomic mass is 10.3. The summed E-state index contributed by atoms with van der Waals surface area (Å²) < 4.78 is 30.5. The fraction of sp³-hybridized carbons (Fsp3) is 0.818. The first-order valence-electron chi connectivity index (χ1n) is 5.75. The van der Waals surface area contributed by atoms with Gasteiger partial charge >= 0.3 is 0 Å². The van der Waals surface area contributed by atoms with Crippen LogP contribution in [0, 0.1) is 0 Å². The summed E-state index contributed by atoms with van der Waals surface area (Å²) >= 11 is 0. The first-order valence-corrected chi connectivity index (χ1v) is 7.35. The van der Waals surface area contributed by atoms with Gasteiger partial charge in [0.05, 0.1) is 32.9 Å². The molecule has 0 spiro atoms. The summed E-state index contributed by atoms with van der Waals surface area (Å²) in [6.45, 7) is 9.10. The van der Waals surface area contributed by atoms with Gasteiger partial charge in [0.2, 0.25) is 0 Å². The summed E-state index contributed by atoms with van der Waals surface area (Å²) in [5.74, 6) is -0.159. The smallest absolute Gasteiger partial charge is 0.265 e. The number of likely N-dealkylation sites (N-methyl/N-ethyl adjacent to an activating group) is 1. The summed E-state index contributed by atoms with van der Waals surface area (Å²) in [6.07, 6.45) is 0.478. The molecule has 0 fully saturated rings. The van der Waals surface area contributed by atoms with E-state index in [1.54, 1.807) is 0 Å². The van der Waals surface area contributed by atoms with E-state index in [1.165, 1.54) is 0 Å². The number of hydrogen-bond donors (Lipinski definition) is 2. The second-order valence-corrected chi connectivity index (χ2v) is 6.73. The van der Waals surface area contributed by atoms with Crippen molar-refractivity contribution in [1.82, 2.24) is 5.32 Å². The molecule has 0 aromatic rings. The molecule has 0 saturated carbocycles. The van der Waals surface area contributed by atoms with Crippen molar-refractivity contribution in [3.05, 3.63) is 12.2 Å². The predicted molar refractivity (Wildman–Crippen MR) is 70.6 cm³/mol. The molecule has 17 heavy (non-hydrogen) atoms. The highest BCUT2D eigenvalue weighted by Gasteiger charge is 2.15. The van der Waals surface area contributed by atoms with Crippen molar-refractivity contribution in [1.29, 1.82) is 0 Å². The molecular weight excluding hydrogens is 240 g/mol. The van der Waals surface area contributed by atoms with Crippen molar-refractivity contribution in [3.8, 4) is 0 Å². The molecule has 5 nitrogen and oxygen atoms in total. The minimum atomic E-state index is -3.82. The third-order valence-corrected chi connectivity index (χ3v) is 3.29. The van der Waals surface area contributed by atoms with Crippen LogP contribution in [0.3, 0.4) is 0 Å². The minimum absolute atomic E-state index is 0.159. The number of quaternary nitrogens is 1. The van der Waals surface area contributed by atoms with Gasteiger partial charge in [0.15, 0.2) is 0 Å². The van der Waals surface area contributed by atoms with E-state index in [1.807, 2.05) is 21.0 Å². The Morgan fingerprint density at radius 3 is 2.41 bits per heavy atom. The number of hydrogen-bond acceptors (Lipinski definition) is 3. The molecule has 2 N–H and O–H groups in total. The molecule has 0 aliphatic carbocycles. The monoisotopic (exact) mass is 265 g/mol. The average Bonchev–Trinajstić information content (AvgIpc) is 2.09. The van der Waals surface area contributed by atoms with Crippen molar-refractivity contribution < 1.29 is 17.5 Å². The Labute approximate surface area is 105 Å². The van der Waals surface area contributed by atoms with Gasteiger partial charge in [0.25, 0.3) is 10.1 Å². The highest BCUT2D eigenvalue weighted by Crippen LogP contribution is 2.00. The summed E-state index contributed by atoms with van der Waals surface area (Å²) in [4.78, 5) is 0. The predicted octanol–water partition coefficient (Wildman–Crippen LogP) is 0.506. The number of rotatable bonds is 9.